The second kappa shape index (κ2) is 6.24. The standard InChI is InChI=1S/C30H48O2/c1-25(2)14-16-30-17-15-28(6)19(23(30)24(25)32-18-30)8-9-21-27(5)12-11-22(31)26(3,4)20(27)10-13-29(21,28)7/h19-21,23-24H,8-18H2,1-7H3/t19-,20+,21-,23+,24-,27+,28-,29-,30-/m1/s1. The number of Topliss-reactive ketones (excluding diaryl/α,β-unsaturated/α-hetero) is 1. The van der Waals surface area contributed by atoms with Crippen molar-refractivity contribution < 1.29 is 9.53 Å². The predicted molar refractivity (Wildman–Crippen MR) is 129 cm³/mol. The number of fused-ring (bicyclic) bond motifs is 5. The van der Waals surface area contributed by atoms with E-state index < -0.39 is 0 Å². The molecule has 5 saturated carbocycles. The van der Waals surface area contributed by atoms with Crippen molar-refractivity contribution in [1.82, 2.24) is 0 Å². The third-order valence-electron chi connectivity index (χ3n) is 13.9. The first-order chi connectivity index (χ1) is 14.8. The first-order valence-electron chi connectivity index (χ1n) is 14.0. The second-order valence-electron chi connectivity index (χ2n) is 15.4. The van der Waals surface area contributed by atoms with E-state index in [-0.39, 0.29) is 5.41 Å². The Morgan fingerprint density at radius 3 is 2.22 bits per heavy atom. The SMILES string of the molecule is CC1(C)CC[C@]23CC[C@]4(C)[C@H](CC[C@@H]5[C@@]6(C)CCC(=O)C(C)(C)[C@@H]6CC[C@]54C)[C@H]2[C@H]1OC3. The Balaban J connectivity index is 1.40. The summed E-state index contributed by atoms with van der Waals surface area (Å²) in [6, 6.07) is 0. The van der Waals surface area contributed by atoms with E-state index in [0.29, 0.717) is 44.9 Å². The molecule has 180 valence electrons. The summed E-state index contributed by atoms with van der Waals surface area (Å²) >= 11 is 0. The average Bonchev–Trinajstić information content (AvgIpc) is 3.05. The zero-order valence-electron chi connectivity index (χ0n) is 22.0. The van der Waals surface area contributed by atoms with E-state index in [1.54, 1.807) is 0 Å². The van der Waals surface area contributed by atoms with Crippen molar-refractivity contribution in [3.05, 3.63) is 0 Å². The molecule has 0 aromatic rings. The molecule has 0 amide bonds. The minimum Gasteiger partial charge on any atom is -0.377 e. The highest BCUT2D eigenvalue weighted by atomic mass is 16.5. The van der Waals surface area contributed by atoms with Gasteiger partial charge in [0.05, 0.1) is 12.7 Å². The number of hydrogen-bond donors (Lipinski definition) is 0. The van der Waals surface area contributed by atoms with Crippen LogP contribution in [0.5, 0.6) is 0 Å². The van der Waals surface area contributed by atoms with Gasteiger partial charge < -0.3 is 4.74 Å². The van der Waals surface area contributed by atoms with Gasteiger partial charge in [0.15, 0.2) is 0 Å². The molecule has 32 heavy (non-hydrogen) atoms. The van der Waals surface area contributed by atoms with E-state index in [4.69, 9.17) is 4.74 Å². The Morgan fingerprint density at radius 2 is 1.47 bits per heavy atom. The van der Waals surface area contributed by atoms with Crippen LogP contribution >= 0.6 is 0 Å². The number of carbonyl (C=O) groups excluding carboxylic acids is 1. The van der Waals surface area contributed by atoms with Gasteiger partial charge in [-0.15, -0.1) is 0 Å². The van der Waals surface area contributed by atoms with Crippen molar-refractivity contribution >= 4 is 5.78 Å². The molecule has 0 aromatic heterocycles. The van der Waals surface area contributed by atoms with E-state index in [9.17, 15) is 4.79 Å². The van der Waals surface area contributed by atoms with Gasteiger partial charge >= 0.3 is 0 Å². The highest BCUT2D eigenvalue weighted by Gasteiger charge is 2.72. The van der Waals surface area contributed by atoms with Gasteiger partial charge in [-0.25, -0.2) is 0 Å². The topological polar surface area (TPSA) is 26.3 Å². The van der Waals surface area contributed by atoms with Gasteiger partial charge in [-0.05, 0) is 109 Å². The van der Waals surface area contributed by atoms with Crippen molar-refractivity contribution in [3.63, 3.8) is 0 Å². The number of ether oxygens (including phenoxy) is 1. The summed E-state index contributed by atoms with van der Waals surface area (Å²) in [4.78, 5) is 12.9. The molecular weight excluding hydrogens is 392 g/mol. The van der Waals surface area contributed by atoms with Crippen molar-refractivity contribution in [2.75, 3.05) is 6.61 Å². The summed E-state index contributed by atoms with van der Waals surface area (Å²) in [6.45, 7) is 18.6. The molecule has 0 unspecified atom stereocenters. The largest absolute Gasteiger partial charge is 0.377 e. The van der Waals surface area contributed by atoms with Crippen LogP contribution < -0.4 is 0 Å². The molecule has 6 rings (SSSR count). The number of carbonyl (C=O) groups is 1. The summed E-state index contributed by atoms with van der Waals surface area (Å²) in [5, 5.41) is 0. The minimum absolute atomic E-state index is 0.136. The summed E-state index contributed by atoms with van der Waals surface area (Å²) < 4.78 is 6.70. The molecule has 9 atom stereocenters. The van der Waals surface area contributed by atoms with E-state index in [0.717, 1.165) is 37.2 Å². The van der Waals surface area contributed by atoms with Crippen molar-refractivity contribution in [2.24, 2.45) is 56.2 Å². The van der Waals surface area contributed by atoms with Crippen LogP contribution in [0.2, 0.25) is 0 Å². The lowest BCUT2D eigenvalue weighted by Gasteiger charge is -2.72. The third-order valence-corrected chi connectivity index (χ3v) is 13.9. The van der Waals surface area contributed by atoms with Crippen molar-refractivity contribution in [2.45, 2.75) is 119 Å². The molecule has 1 saturated heterocycles. The molecule has 0 radical (unpaired) electrons. The highest BCUT2D eigenvalue weighted by Crippen LogP contribution is 2.77. The normalized spacial score (nSPS) is 57.7. The molecule has 2 heteroatoms. The fourth-order valence-corrected chi connectivity index (χ4v) is 11.8. The first-order valence-corrected chi connectivity index (χ1v) is 14.0. The van der Waals surface area contributed by atoms with Crippen LogP contribution in [0.4, 0.5) is 0 Å². The maximum absolute atomic E-state index is 12.9. The molecule has 0 spiro atoms. The second-order valence-corrected chi connectivity index (χ2v) is 15.4. The summed E-state index contributed by atoms with van der Waals surface area (Å²) in [6.07, 6.45) is 13.3. The molecule has 0 N–H and O–H groups in total. The average molecular weight is 441 g/mol. The zero-order valence-corrected chi connectivity index (χ0v) is 22.0. The maximum Gasteiger partial charge on any atom is 0.138 e. The van der Waals surface area contributed by atoms with E-state index in [2.05, 4.69) is 48.5 Å². The van der Waals surface area contributed by atoms with E-state index in [1.807, 2.05) is 0 Å². The summed E-state index contributed by atoms with van der Waals surface area (Å²) in [5.74, 6) is 3.46. The number of rotatable bonds is 0. The summed E-state index contributed by atoms with van der Waals surface area (Å²) in [5.41, 5.74) is 1.83. The van der Waals surface area contributed by atoms with Gasteiger partial charge in [-0.2, -0.15) is 0 Å². The van der Waals surface area contributed by atoms with E-state index in [1.165, 1.54) is 51.4 Å². The minimum atomic E-state index is -0.136. The number of hydrogen-bond acceptors (Lipinski definition) is 2. The van der Waals surface area contributed by atoms with Gasteiger partial charge in [0.25, 0.3) is 0 Å². The van der Waals surface area contributed by atoms with Crippen LogP contribution in [-0.4, -0.2) is 18.5 Å². The first kappa shape index (κ1) is 22.1. The van der Waals surface area contributed by atoms with E-state index >= 15 is 0 Å². The van der Waals surface area contributed by atoms with Gasteiger partial charge in [-0.1, -0.05) is 48.5 Å². The summed E-state index contributed by atoms with van der Waals surface area (Å²) in [7, 11) is 0. The Hall–Kier alpha value is -0.370. The van der Waals surface area contributed by atoms with Crippen LogP contribution in [0.15, 0.2) is 0 Å². The fourth-order valence-electron chi connectivity index (χ4n) is 11.8. The Morgan fingerprint density at radius 1 is 0.750 bits per heavy atom. The Bertz CT molecular complexity index is 842. The van der Waals surface area contributed by atoms with Crippen LogP contribution in [0.1, 0.15) is 113 Å². The molecule has 2 nitrogen and oxygen atoms in total. The quantitative estimate of drug-likeness (QED) is 0.391. The fraction of sp³-hybridized carbons (Fsp3) is 0.967. The van der Waals surface area contributed by atoms with Gasteiger partial charge in [-0.3, -0.25) is 4.79 Å². The lowest BCUT2D eigenvalue weighted by Crippen LogP contribution is -2.67. The van der Waals surface area contributed by atoms with Gasteiger partial charge in [0.2, 0.25) is 0 Å². The number of ketones is 1. The molecule has 2 bridgehead atoms. The van der Waals surface area contributed by atoms with Gasteiger partial charge in [0, 0.05) is 11.8 Å². The molecule has 0 aromatic carbocycles. The zero-order chi connectivity index (χ0) is 22.9. The van der Waals surface area contributed by atoms with Crippen molar-refractivity contribution in [3.8, 4) is 0 Å². The van der Waals surface area contributed by atoms with Crippen LogP contribution in [-0.2, 0) is 9.53 Å². The van der Waals surface area contributed by atoms with Crippen LogP contribution in [0, 0.1) is 56.2 Å². The van der Waals surface area contributed by atoms with Crippen molar-refractivity contribution in [1.29, 1.82) is 0 Å². The van der Waals surface area contributed by atoms with Crippen LogP contribution in [0.3, 0.4) is 0 Å². The monoisotopic (exact) mass is 440 g/mol. The predicted octanol–water partition coefficient (Wildman–Crippen LogP) is 7.45. The molecule has 6 fully saturated rings. The van der Waals surface area contributed by atoms with Gasteiger partial charge in [0.1, 0.15) is 5.78 Å². The Kier molecular flexibility index (Phi) is 4.31. The lowest BCUT2D eigenvalue weighted by atomic mass is 9.31. The molecule has 5 aliphatic carbocycles. The third kappa shape index (κ3) is 2.35. The maximum atomic E-state index is 12.9. The van der Waals surface area contributed by atoms with Crippen LogP contribution in [0.25, 0.3) is 0 Å². The molecule has 1 aliphatic heterocycles. The molecular formula is C30H48O2. The lowest BCUT2D eigenvalue weighted by molar-refractivity contribution is -0.239. The molecule has 6 aliphatic rings. The smallest absolute Gasteiger partial charge is 0.138 e. The highest BCUT2D eigenvalue weighted by molar-refractivity contribution is 5.85. The molecule has 1 heterocycles. The Labute approximate surface area is 197 Å².